The van der Waals surface area contributed by atoms with Crippen molar-refractivity contribution in [2.75, 3.05) is 55.9 Å². The molecule has 0 spiro atoms. The number of nitrogens with two attached hydrogens (primary N) is 1. The van der Waals surface area contributed by atoms with Crippen LogP contribution in [0.4, 0.5) is 17.3 Å². The van der Waals surface area contributed by atoms with Gasteiger partial charge in [-0.2, -0.15) is 0 Å². The predicted molar refractivity (Wildman–Crippen MR) is 162 cm³/mol. The van der Waals surface area contributed by atoms with E-state index in [4.69, 9.17) is 19.9 Å². The molecule has 0 amide bonds. The number of nitrogen functional groups attached to an aromatic ring is 1. The minimum atomic E-state index is -4.04. The van der Waals surface area contributed by atoms with Crippen molar-refractivity contribution < 1.29 is 22.6 Å². The fraction of sp³-hybridized carbons (Fsp3) is 0.200. The van der Waals surface area contributed by atoms with Crippen molar-refractivity contribution in [3.63, 3.8) is 0 Å². The van der Waals surface area contributed by atoms with Crippen LogP contribution in [-0.2, 0) is 14.8 Å². The second-order valence-electron chi connectivity index (χ2n) is 9.68. The van der Waals surface area contributed by atoms with E-state index in [9.17, 15) is 8.42 Å². The second-order valence-corrected chi connectivity index (χ2v) is 11.3. The van der Waals surface area contributed by atoms with Crippen molar-refractivity contribution in [2.45, 2.75) is 4.90 Å². The molecule has 216 valence electrons. The lowest BCUT2D eigenvalue weighted by molar-refractivity contribution is 0.122. The molecule has 3 aromatic carbocycles. The Morgan fingerprint density at radius 2 is 1.62 bits per heavy atom. The van der Waals surface area contributed by atoms with Gasteiger partial charge in [0.25, 0.3) is 10.0 Å². The summed E-state index contributed by atoms with van der Waals surface area (Å²) in [6.07, 6.45) is 2.85. The van der Waals surface area contributed by atoms with Crippen LogP contribution in [0.25, 0.3) is 27.8 Å². The van der Waals surface area contributed by atoms with Gasteiger partial charge in [0.2, 0.25) is 5.95 Å². The number of pyridine rings is 1. The Bertz CT molecular complexity index is 1830. The van der Waals surface area contributed by atoms with Gasteiger partial charge in [-0.1, -0.05) is 6.07 Å². The number of nitrogens with zero attached hydrogens (tertiary/aromatic N) is 4. The Morgan fingerprint density at radius 3 is 2.31 bits per heavy atom. The van der Waals surface area contributed by atoms with Crippen molar-refractivity contribution in [2.24, 2.45) is 0 Å². The van der Waals surface area contributed by atoms with Gasteiger partial charge in [0, 0.05) is 41.9 Å². The maximum absolute atomic E-state index is 13.4. The molecule has 0 aliphatic carbocycles. The van der Waals surface area contributed by atoms with Crippen molar-refractivity contribution >= 4 is 38.4 Å². The van der Waals surface area contributed by atoms with Crippen LogP contribution in [0, 0.1) is 0 Å². The molecule has 3 heterocycles. The zero-order chi connectivity index (χ0) is 29.3. The zero-order valence-electron chi connectivity index (χ0n) is 23.1. The largest absolute Gasteiger partial charge is 0.497 e. The molecular weight excluding hydrogens is 556 g/mol. The van der Waals surface area contributed by atoms with Crippen molar-refractivity contribution in [3.8, 4) is 28.3 Å². The smallest absolute Gasteiger partial charge is 0.267 e. The quantitative estimate of drug-likeness (QED) is 0.273. The Labute approximate surface area is 243 Å². The van der Waals surface area contributed by atoms with Gasteiger partial charge in [0.15, 0.2) is 0 Å². The van der Waals surface area contributed by atoms with Gasteiger partial charge in [0.05, 0.1) is 44.7 Å². The van der Waals surface area contributed by atoms with Crippen LogP contribution in [0.5, 0.6) is 11.5 Å². The number of ether oxygens (including phenoxy) is 3. The highest BCUT2D eigenvalue weighted by molar-refractivity contribution is 7.92. The second kappa shape index (κ2) is 11.2. The lowest BCUT2D eigenvalue weighted by Gasteiger charge is -2.29. The molecule has 42 heavy (non-hydrogen) atoms. The van der Waals surface area contributed by atoms with E-state index in [1.807, 2.05) is 34.9 Å². The average Bonchev–Trinajstić information content (AvgIpc) is 3.36. The van der Waals surface area contributed by atoms with Crippen LogP contribution in [-0.4, -0.2) is 63.5 Å². The first-order chi connectivity index (χ1) is 20.4. The number of sulfonamides is 1. The monoisotopic (exact) mass is 586 g/mol. The molecule has 3 N–H and O–H groups in total. The Hall–Kier alpha value is -4.81. The van der Waals surface area contributed by atoms with Crippen LogP contribution >= 0.6 is 0 Å². The van der Waals surface area contributed by atoms with E-state index in [0.717, 1.165) is 30.0 Å². The van der Waals surface area contributed by atoms with Crippen molar-refractivity contribution in [1.82, 2.24) is 14.5 Å². The number of morpholine rings is 1. The first-order valence-corrected chi connectivity index (χ1v) is 14.8. The topological polar surface area (TPSA) is 134 Å². The summed E-state index contributed by atoms with van der Waals surface area (Å²) in [6.45, 7) is 3.11. The minimum absolute atomic E-state index is 0.0925. The third-order valence-corrected chi connectivity index (χ3v) is 8.55. The molecule has 1 saturated heterocycles. The summed E-state index contributed by atoms with van der Waals surface area (Å²) in [5.41, 5.74) is 11.4. The highest BCUT2D eigenvalue weighted by Crippen LogP contribution is 2.37. The maximum Gasteiger partial charge on any atom is 0.267 e. The summed E-state index contributed by atoms with van der Waals surface area (Å²) in [7, 11) is -1.06. The molecule has 0 bridgehead atoms. The number of hydrogen-bond acceptors (Lipinski definition) is 9. The molecular formula is C30H30N6O5S. The van der Waals surface area contributed by atoms with Gasteiger partial charge in [-0.25, -0.2) is 13.4 Å². The van der Waals surface area contributed by atoms with Gasteiger partial charge in [-0.15, -0.1) is 0 Å². The number of rotatable bonds is 8. The lowest BCUT2D eigenvalue weighted by Crippen LogP contribution is -2.36. The molecule has 6 rings (SSSR count). The summed E-state index contributed by atoms with van der Waals surface area (Å²) in [5.74, 6) is 1.12. The Balaban J connectivity index is 1.37. The van der Waals surface area contributed by atoms with E-state index in [1.165, 1.54) is 13.3 Å². The van der Waals surface area contributed by atoms with Crippen LogP contribution in [0.3, 0.4) is 0 Å². The number of imidazole rings is 1. The van der Waals surface area contributed by atoms with E-state index in [2.05, 4.69) is 31.7 Å². The fourth-order valence-corrected chi connectivity index (χ4v) is 6.27. The molecule has 0 unspecified atom stereocenters. The van der Waals surface area contributed by atoms with E-state index in [0.29, 0.717) is 47.2 Å². The Morgan fingerprint density at radius 1 is 0.905 bits per heavy atom. The summed E-state index contributed by atoms with van der Waals surface area (Å²) in [4.78, 5) is 11.0. The maximum atomic E-state index is 13.4. The van der Waals surface area contributed by atoms with Gasteiger partial charge in [-0.05, 0) is 66.2 Å². The highest BCUT2D eigenvalue weighted by atomic mass is 32.2. The molecule has 1 aliphatic heterocycles. The van der Waals surface area contributed by atoms with Crippen LogP contribution in [0.1, 0.15) is 0 Å². The third-order valence-electron chi connectivity index (χ3n) is 7.18. The van der Waals surface area contributed by atoms with E-state index < -0.39 is 10.0 Å². The molecule has 12 heteroatoms. The van der Waals surface area contributed by atoms with E-state index in [-0.39, 0.29) is 10.6 Å². The average molecular weight is 587 g/mol. The molecule has 1 fully saturated rings. The van der Waals surface area contributed by atoms with E-state index >= 15 is 0 Å². The van der Waals surface area contributed by atoms with Crippen molar-refractivity contribution in [1.29, 1.82) is 0 Å². The van der Waals surface area contributed by atoms with Gasteiger partial charge < -0.3 is 24.8 Å². The first-order valence-electron chi connectivity index (χ1n) is 13.3. The number of anilines is 3. The lowest BCUT2D eigenvalue weighted by atomic mass is 10.1. The van der Waals surface area contributed by atoms with E-state index in [1.54, 1.807) is 37.6 Å². The summed E-state index contributed by atoms with van der Waals surface area (Å²) >= 11 is 0. The fourth-order valence-electron chi connectivity index (χ4n) is 5.07. The van der Waals surface area contributed by atoms with Gasteiger partial charge >= 0.3 is 0 Å². The number of aromatic nitrogens is 3. The van der Waals surface area contributed by atoms with Gasteiger partial charge in [-0.3, -0.25) is 14.3 Å². The first kappa shape index (κ1) is 27.4. The number of hydrogen-bond donors (Lipinski definition) is 2. The number of fused-ring (bicyclic) bond motifs is 1. The number of nitrogens with one attached hydrogen (secondary N) is 1. The van der Waals surface area contributed by atoms with Crippen LogP contribution < -0.4 is 24.8 Å². The number of methoxy groups -OCH3 is 2. The number of benzene rings is 3. The molecule has 1 aliphatic rings. The summed E-state index contributed by atoms with van der Waals surface area (Å²) < 4.78 is 47.6. The molecule has 2 aromatic heterocycles. The molecule has 11 nitrogen and oxygen atoms in total. The van der Waals surface area contributed by atoms with Crippen molar-refractivity contribution in [3.05, 3.63) is 79.1 Å². The van der Waals surface area contributed by atoms with Crippen LogP contribution in [0.15, 0.2) is 84.0 Å². The third kappa shape index (κ3) is 5.17. The summed E-state index contributed by atoms with van der Waals surface area (Å²) in [5, 5.41) is 0. The molecule has 0 radical (unpaired) electrons. The predicted octanol–water partition coefficient (Wildman–Crippen LogP) is 4.32. The van der Waals surface area contributed by atoms with Gasteiger partial charge in [0.1, 0.15) is 16.4 Å². The van der Waals surface area contributed by atoms with Crippen LogP contribution in [0.2, 0.25) is 0 Å². The molecule has 0 atom stereocenters. The molecule has 0 saturated carbocycles. The standard InChI is InChI=1S/C30H30N6O5S/c1-39-24-10-4-21(5-11-24)34-42(37,38)28-19-32-18-25(29(28)40-2)20-3-12-26-27(17-20)36(30(31)33-26)23-8-6-22(7-9-23)35-13-15-41-16-14-35/h3-12,17-19,34H,13-16H2,1-2H3,(H2,31,33). The zero-order valence-corrected chi connectivity index (χ0v) is 24.0. The SMILES string of the molecule is COc1ccc(NS(=O)(=O)c2cncc(-c3ccc4nc(N)n(-c5ccc(N6CCOCC6)cc5)c4c3)c2OC)cc1. The summed E-state index contributed by atoms with van der Waals surface area (Å²) in [6, 6.07) is 20.3. The molecule has 5 aromatic rings. The minimum Gasteiger partial charge on any atom is -0.497 e. The normalized spacial score (nSPS) is 13.7. The highest BCUT2D eigenvalue weighted by Gasteiger charge is 2.24. The Kier molecular flexibility index (Phi) is 7.31.